The Bertz CT molecular complexity index is 1800. The van der Waals surface area contributed by atoms with Gasteiger partial charge < -0.3 is 19.7 Å². The molecule has 46 heavy (non-hydrogen) atoms. The largest absolute Gasteiger partial charge is 0.462 e. The third-order valence-electron chi connectivity index (χ3n) is 8.08. The van der Waals surface area contributed by atoms with Crippen LogP contribution in [0.5, 0.6) is 0 Å². The number of aliphatic hydroxyl groups is 1. The van der Waals surface area contributed by atoms with Crippen LogP contribution in [0.15, 0.2) is 46.8 Å². The van der Waals surface area contributed by atoms with Gasteiger partial charge in [-0.3, -0.25) is 10.1 Å². The smallest absolute Gasteiger partial charge is 0.434 e. The Hall–Kier alpha value is -4.30. The summed E-state index contributed by atoms with van der Waals surface area (Å²) >= 11 is 0.778. The Morgan fingerprint density at radius 1 is 1.15 bits per heavy atom. The number of aliphatic hydroxyl groups excluding tert-OH is 1. The minimum atomic E-state index is -4.66. The van der Waals surface area contributed by atoms with Crippen LogP contribution in [-0.4, -0.2) is 51.4 Å². The Labute approximate surface area is 266 Å². The van der Waals surface area contributed by atoms with Crippen LogP contribution in [0.3, 0.4) is 0 Å². The predicted molar refractivity (Wildman–Crippen MR) is 169 cm³/mol. The highest BCUT2D eigenvalue weighted by Gasteiger charge is 2.34. The molecule has 1 atom stereocenters. The second-order valence-corrected chi connectivity index (χ2v) is 11.9. The summed E-state index contributed by atoms with van der Waals surface area (Å²) in [4.78, 5) is 47.0. The standard InChI is InChI=1S/C32H34F3N5O5S/c1-3-36-31(44)39-27-13-20(29-38-26(17-46-29)32(33,34)35)22(14-37-27)19-10-11-24-21(12-19)28(42)23(30(43)45-4-2)15-40(24)25(16-41)18-8-6-5-7-9-18/h10-15,17-18,25,41H,3-9,16H2,1-2H3,(H2,36,37,39,44). The molecular weight excluding hydrogens is 623 g/mol. The lowest BCUT2D eigenvalue weighted by molar-refractivity contribution is -0.140. The van der Waals surface area contributed by atoms with Gasteiger partial charge in [0.2, 0.25) is 5.43 Å². The quantitative estimate of drug-likeness (QED) is 0.172. The van der Waals surface area contributed by atoms with Crippen LogP contribution < -0.4 is 16.1 Å². The van der Waals surface area contributed by atoms with Gasteiger partial charge in [-0.2, -0.15) is 13.2 Å². The van der Waals surface area contributed by atoms with Crippen molar-refractivity contribution >= 4 is 40.1 Å². The number of rotatable bonds is 9. The molecule has 0 spiro atoms. The number of aromatic nitrogens is 3. The number of benzene rings is 1. The van der Waals surface area contributed by atoms with Gasteiger partial charge in [0.25, 0.3) is 0 Å². The summed E-state index contributed by atoms with van der Waals surface area (Å²) in [5, 5.41) is 16.8. The molecule has 1 aliphatic carbocycles. The van der Waals surface area contributed by atoms with Crippen LogP contribution in [0.25, 0.3) is 32.6 Å². The number of alkyl halides is 3. The second kappa shape index (κ2) is 14.0. The molecule has 14 heteroatoms. The number of esters is 1. The molecule has 1 fully saturated rings. The average Bonchev–Trinajstić information content (AvgIpc) is 3.54. The molecule has 1 unspecified atom stereocenters. The third kappa shape index (κ3) is 6.92. The molecule has 1 aliphatic rings. The van der Waals surface area contributed by atoms with Gasteiger partial charge in [-0.25, -0.2) is 19.6 Å². The Morgan fingerprint density at radius 3 is 2.57 bits per heavy atom. The van der Waals surface area contributed by atoms with Gasteiger partial charge >= 0.3 is 18.2 Å². The van der Waals surface area contributed by atoms with Crippen molar-refractivity contribution in [2.75, 3.05) is 25.1 Å². The highest BCUT2D eigenvalue weighted by molar-refractivity contribution is 7.13. The van der Waals surface area contributed by atoms with Gasteiger partial charge in [0.15, 0.2) is 5.69 Å². The lowest BCUT2D eigenvalue weighted by atomic mass is 9.83. The number of amides is 2. The van der Waals surface area contributed by atoms with Gasteiger partial charge in [-0.05, 0) is 56.4 Å². The van der Waals surface area contributed by atoms with Crippen molar-refractivity contribution in [2.45, 2.75) is 58.2 Å². The first-order valence-electron chi connectivity index (χ1n) is 15.1. The van der Waals surface area contributed by atoms with E-state index in [-0.39, 0.29) is 46.5 Å². The van der Waals surface area contributed by atoms with E-state index in [1.54, 1.807) is 36.6 Å². The first-order valence-corrected chi connectivity index (χ1v) is 16.0. The number of ether oxygens (including phenoxy) is 1. The summed E-state index contributed by atoms with van der Waals surface area (Å²) in [7, 11) is 0. The Morgan fingerprint density at radius 2 is 1.91 bits per heavy atom. The van der Waals surface area contributed by atoms with E-state index in [2.05, 4.69) is 20.6 Å². The first kappa shape index (κ1) is 33.1. The van der Waals surface area contributed by atoms with Crippen molar-refractivity contribution in [3.63, 3.8) is 0 Å². The molecule has 3 heterocycles. The van der Waals surface area contributed by atoms with Gasteiger partial charge in [-0.15, -0.1) is 11.3 Å². The second-order valence-electron chi connectivity index (χ2n) is 11.0. The summed E-state index contributed by atoms with van der Waals surface area (Å²) in [5.41, 5.74) is -0.314. The fourth-order valence-corrected chi connectivity index (χ4v) is 6.77. The number of pyridine rings is 2. The average molecular weight is 658 g/mol. The number of hydrogen-bond donors (Lipinski definition) is 3. The summed E-state index contributed by atoms with van der Waals surface area (Å²) in [6, 6.07) is 5.44. The normalized spacial score (nSPS) is 14.7. The van der Waals surface area contributed by atoms with Crippen LogP contribution in [-0.2, 0) is 10.9 Å². The van der Waals surface area contributed by atoms with E-state index in [9.17, 15) is 32.7 Å². The molecule has 0 aliphatic heterocycles. The van der Waals surface area contributed by atoms with E-state index in [1.165, 1.54) is 18.5 Å². The fourth-order valence-electron chi connectivity index (χ4n) is 5.91. The summed E-state index contributed by atoms with van der Waals surface area (Å²) < 4.78 is 47.4. The van der Waals surface area contributed by atoms with Crippen molar-refractivity contribution in [1.29, 1.82) is 0 Å². The van der Waals surface area contributed by atoms with E-state index < -0.39 is 35.3 Å². The maximum atomic E-state index is 13.8. The molecule has 0 saturated heterocycles. The zero-order valence-corrected chi connectivity index (χ0v) is 26.1. The SMILES string of the molecule is CCNC(=O)Nc1cc(-c2nc(C(F)(F)F)cs2)c(-c2ccc3c(c2)c(=O)c(C(=O)OCC)cn3C(CO)C2CCCCC2)cn1. The van der Waals surface area contributed by atoms with Crippen molar-refractivity contribution in [3.05, 3.63) is 63.5 Å². The topological polar surface area (TPSA) is 135 Å². The van der Waals surface area contributed by atoms with Crippen LogP contribution in [0, 0.1) is 5.92 Å². The van der Waals surface area contributed by atoms with E-state index in [0.717, 1.165) is 48.8 Å². The fraction of sp³-hybridized carbons (Fsp3) is 0.406. The van der Waals surface area contributed by atoms with E-state index in [1.807, 2.05) is 0 Å². The van der Waals surface area contributed by atoms with Crippen molar-refractivity contribution in [1.82, 2.24) is 19.9 Å². The van der Waals surface area contributed by atoms with Crippen LogP contribution in [0.4, 0.5) is 23.8 Å². The number of anilines is 1. The van der Waals surface area contributed by atoms with Crippen molar-refractivity contribution < 1.29 is 32.6 Å². The molecular formula is C32H34F3N5O5S. The molecule has 2 amide bonds. The predicted octanol–water partition coefficient (Wildman–Crippen LogP) is 6.64. The highest BCUT2D eigenvalue weighted by Crippen LogP contribution is 2.40. The molecule has 3 N–H and O–H groups in total. The number of carbonyl (C=O) groups excluding carboxylic acids is 2. The van der Waals surface area contributed by atoms with E-state index in [4.69, 9.17) is 4.74 Å². The lowest BCUT2D eigenvalue weighted by Crippen LogP contribution is -2.29. The van der Waals surface area contributed by atoms with Crippen molar-refractivity contribution in [3.8, 4) is 21.7 Å². The maximum absolute atomic E-state index is 13.8. The zero-order valence-electron chi connectivity index (χ0n) is 25.3. The van der Waals surface area contributed by atoms with Crippen molar-refractivity contribution in [2.24, 2.45) is 5.92 Å². The molecule has 3 aromatic heterocycles. The molecule has 0 radical (unpaired) electrons. The number of hydrogen-bond acceptors (Lipinski definition) is 8. The summed E-state index contributed by atoms with van der Waals surface area (Å²) in [6.45, 7) is 3.57. The Kier molecular flexibility index (Phi) is 10.1. The number of thiazole rings is 1. The van der Waals surface area contributed by atoms with Crippen LogP contribution in [0.1, 0.15) is 68.0 Å². The summed E-state index contributed by atoms with van der Waals surface area (Å²) in [5.74, 6) is -0.577. The van der Waals surface area contributed by atoms with Gasteiger partial charge in [-0.1, -0.05) is 25.3 Å². The molecule has 1 aromatic carbocycles. The molecule has 244 valence electrons. The van der Waals surface area contributed by atoms with Gasteiger partial charge in [0.1, 0.15) is 16.4 Å². The zero-order chi connectivity index (χ0) is 33.0. The summed E-state index contributed by atoms with van der Waals surface area (Å²) in [6.07, 6.45) is 3.11. The van der Waals surface area contributed by atoms with Gasteiger partial charge in [0, 0.05) is 40.8 Å². The number of urea groups is 1. The Balaban J connectivity index is 1.70. The lowest BCUT2D eigenvalue weighted by Gasteiger charge is -2.32. The van der Waals surface area contributed by atoms with Gasteiger partial charge in [0.05, 0.1) is 24.8 Å². The molecule has 4 aromatic rings. The highest BCUT2D eigenvalue weighted by atomic mass is 32.1. The molecule has 10 nitrogen and oxygen atoms in total. The number of halogens is 3. The minimum absolute atomic E-state index is 0.0269. The first-order chi connectivity index (χ1) is 22.0. The maximum Gasteiger partial charge on any atom is 0.434 e. The van der Waals surface area contributed by atoms with E-state index >= 15 is 0 Å². The third-order valence-corrected chi connectivity index (χ3v) is 8.96. The molecule has 0 bridgehead atoms. The van der Waals surface area contributed by atoms with Crippen LogP contribution >= 0.6 is 11.3 Å². The molecule has 5 rings (SSSR count). The van der Waals surface area contributed by atoms with Crippen LogP contribution in [0.2, 0.25) is 0 Å². The molecule has 1 saturated carbocycles. The monoisotopic (exact) mass is 657 g/mol. The number of nitrogens with one attached hydrogen (secondary N) is 2. The number of fused-ring (bicyclic) bond motifs is 1. The van der Waals surface area contributed by atoms with E-state index in [0.29, 0.717) is 23.2 Å². The minimum Gasteiger partial charge on any atom is -0.462 e. The number of carbonyl (C=O) groups is 2. The number of nitrogens with zero attached hydrogens (tertiary/aromatic N) is 3.